The van der Waals surface area contributed by atoms with Crippen LogP contribution in [0.25, 0.3) is 0 Å². The zero-order valence-corrected chi connectivity index (χ0v) is 18.1. The molecule has 0 fully saturated rings. The second-order valence-electron chi connectivity index (χ2n) is 7.30. The van der Waals surface area contributed by atoms with E-state index in [-0.39, 0.29) is 17.5 Å². The van der Waals surface area contributed by atoms with E-state index in [1.165, 1.54) is 0 Å². The molecule has 3 amide bonds. The average molecular weight is 443 g/mol. The largest absolute Gasteiger partial charge is 0.454 e. The van der Waals surface area contributed by atoms with E-state index in [1.807, 2.05) is 13.8 Å². The van der Waals surface area contributed by atoms with Crippen molar-refractivity contribution in [1.29, 1.82) is 0 Å². The third kappa shape index (κ3) is 4.94. The first kappa shape index (κ1) is 22.5. The number of nitrogens with one attached hydrogen (secondary N) is 1. The fourth-order valence-corrected chi connectivity index (χ4v) is 3.52. The molecule has 2 aromatic carbocycles. The molecule has 0 aromatic heterocycles. The first-order valence-corrected chi connectivity index (χ1v) is 10.4. The van der Waals surface area contributed by atoms with Crippen molar-refractivity contribution in [1.82, 2.24) is 4.90 Å². The Balaban J connectivity index is 1.68. The second kappa shape index (κ2) is 9.75. The summed E-state index contributed by atoms with van der Waals surface area (Å²) in [7, 11) is 0. The van der Waals surface area contributed by atoms with Crippen molar-refractivity contribution in [3.8, 4) is 0 Å². The second-order valence-corrected chi connectivity index (χ2v) is 7.71. The monoisotopic (exact) mass is 442 g/mol. The fourth-order valence-electron chi connectivity index (χ4n) is 3.34. The van der Waals surface area contributed by atoms with E-state index in [0.29, 0.717) is 17.1 Å². The molecule has 7 nitrogen and oxygen atoms in total. The summed E-state index contributed by atoms with van der Waals surface area (Å²) in [6.45, 7) is 3.23. The third-order valence-corrected chi connectivity index (χ3v) is 5.45. The van der Waals surface area contributed by atoms with E-state index >= 15 is 0 Å². The van der Waals surface area contributed by atoms with Gasteiger partial charge in [0.2, 0.25) is 0 Å². The number of carbonyl (C=O) groups excluding carboxylic acids is 4. The zero-order chi connectivity index (χ0) is 22.5. The Morgan fingerprint density at radius 3 is 2.32 bits per heavy atom. The molecule has 8 heteroatoms. The maximum atomic E-state index is 12.8. The van der Waals surface area contributed by atoms with Crippen LogP contribution in [0.4, 0.5) is 5.69 Å². The number of hydrogen-bond acceptors (Lipinski definition) is 5. The first-order valence-electron chi connectivity index (χ1n) is 10.0. The maximum absolute atomic E-state index is 12.8. The lowest BCUT2D eigenvalue weighted by molar-refractivity contribution is -0.151. The Morgan fingerprint density at radius 2 is 1.74 bits per heavy atom. The van der Waals surface area contributed by atoms with Crippen LogP contribution in [-0.4, -0.2) is 41.2 Å². The molecular formula is C23H23ClN2O5. The minimum absolute atomic E-state index is 0.260. The Kier molecular flexibility index (Phi) is 7.07. The van der Waals surface area contributed by atoms with Gasteiger partial charge in [0.25, 0.3) is 17.7 Å². The van der Waals surface area contributed by atoms with E-state index in [9.17, 15) is 19.2 Å². The summed E-state index contributed by atoms with van der Waals surface area (Å²) in [4.78, 5) is 51.4. The number of carbonyl (C=O) groups is 4. The quantitative estimate of drug-likeness (QED) is 0.493. The number of amides is 3. The number of anilines is 1. The lowest BCUT2D eigenvalue weighted by Crippen LogP contribution is -2.46. The Bertz CT molecular complexity index is 1000. The molecule has 3 rings (SSSR count). The number of unbranched alkanes of at least 4 members (excludes halogenated alkanes) is 1. The standard InChI is InChI=1S/C23H23ClN2O5/c1-3-4-9-19(26-21(28)16-7-5-6-8-17(16)22(26)29)23(30)31-13-20(27)25-15-11-10-14(2)18(24)12-15/h5-8,10-12,19H,3-4,9,13H2,1-2H3,(H,25,27)/t19-/m1/s1. The van der Waals surface area contributed by atoms with E-state index in [0.717, 1.165) is 16.9 Å². The van der Waals surface area contributed by atoms with Gasteiger partial charge in [-0.1, -0.05) is 49.6 Å². The van der Waals surface area contributed by atoms with Crippen molar-refractivity contribution < 1.29 is 23.9 Å². The van der Waals surface area contributed by atoms with E-state index in [2.05, 4.69) is 5.32 Å². The molecular weight excluding hydrogens is 420 g/mol. The number of ether oxygens (including phenoxy) is 1. The Morgan fingerprint density at radius 1 is 1.10 bits per heavy atom. The highest BCUT2D eigenvalue weighted by molar-refractivity contribution is 6.31. The molecule has 0 saturated carbocycles. The molecule has 162 valence electrons. The predicted octanol–water partition coefficient (Wildman–Crippen LogP) is 3.99. The molecule has 1 atom stereocenters. The van der Waals surface area contributed by atoms with Gasteiger partial charge < -0.3 is 10.1 Å². The number of nitrogens with zero attached hydrogens (tertiary/aromatic N) is 1. The molecule has 2 aromatic rings. The summed E-state index contributed by atoms with van der Waals surface area (Å²) < 4.78 is 5.17. The molecule has 0 aliphatic carbocycles. The number of benzene rings is 2. The summed E-state index contributed by atoms with van der Waals surface area (Å²) in [5.41, 5.74) is 1.86. The van der Waals surface area contributed by atoms with Crippen LogP contribution in [0.15, 0.2) is 42.5 Å². The fraction of sp³-hybridized carbons (Fsp3) is 0.304. The number of fused-ring (bicyclic) bond motifs is 1. The van der Waals surface area contributed by atoms with Gasteiger partial charge in [0, 0.05) is 10.7 Å². The van der Waals surface area contributed by atoms with E-state index in [1.54, 1.807) is 42.5 Å². The number of hydrogen-bond donors (Lipinski definition) is 1. The van der Waals surface area contributed by atoms with Crippen LogP contribution in [0.3, 0.4) is 0 Å². The molecule has 1 N–H and O–H groups in total. The number of esters is 1. The van der Waals surface area contributed by atoms with E-state index in [4.69, 9.17) is 16.3 Å². The Labute approximate surface area is 185 Å². The third-order valence-electron chi connectivity index (χ3n) is 5.04. The van der Waals surface area contributed by atoms with E-state index < -0.39 is 36.3 Å². The van der Waals surface area contributed by atoms with Crippen molar-refractivity contribution in [2.45, 2.75) is 39.2 Å². The van der Waals surface area contributed by atoms with Gasteiger partial charge in [0.1, 0.15) is 6.04 Å². The lowest BCUT2D eigenvalue weighted by atomic mass is 10.1. The minimum Gasteiger partial charge on any atom is -0.454 e. The highest BCUT2D eigenvalue weighted by Crippen LogP contribution is 2.27. The van der Waals surface area contributed by atoms with Gasteiger partial charge >= 0.3 is 5.97 Å². The summed E-state index contributed by atoms with van der Waals surface area (Å²) in [5, 5.41) is 3.10. The maximum Gasteiger partial charge on any atom is 0.329 e. The van der Waals surface area contributed by atoms with Crippen LogP contribution < -0.4 is 5.32 Å². The van der Waals surface area contributed by atoms with Crippen molar-refractivity contribution in [3.05, 3.63) is 64.2 Å². The summed E-state index contributed by atoms with van der Waals surface area (Å²) in [6, 6.07) is 10.4. The van der Waals surface area contributed by atoms with Crippen LogP contribution in [0, 0.1) is 6.92 Å². The lowest BCUT2D eigenvalue weighted by Gasteiger charge is -2.24. The average Bonchev–Trinajstić information content (AvgIpc) is 3.00. The molecule has 31 heavy (non-hydrogen) atoms. The highest BCUT2D eigenvalue weighted by atomic mass is 35.5. The highest BCUT2D eigenvalue weighted by Gasteiger charge is 2.43. The van der Waals surface area contributed by atoms with Crippen LogP contribution in [0.1, 0.15) is 52.5 Å². The smallest absolute Gasteiger partial charge is 0.329 e. The number of imide groups is 1. The number of rotatable bonds is 8. The van der Waals surface area contributed by atoms with Crippen molar-refractivity contribution in [3.63, 3.8) is 0 Å². The molecule has 0 unspecified atom stereocenters. The SMILES string of the molecule is CCCC[C@H](C(=O)OCC(=O)Nc1ccc(C)c(Cl)c1)N1C(=O)c2ccccc2C1=O. The van der Waals surface area contributed by atoms with Crippen LogP contribution in [-0.2, 0) is 14.3 Å². The summed E-state index contributed by atoms with van der Waals surface area (Å²) >= 11 is 6.05. The number of halogens is 1. The van der Waals surface area contributed by atoms with Crippen LogP contribution in [0.2, 0.25) is 5.02 Å². The van der Waals surface area contributed by atoms with Gasteiger partial charge in [-0.15, -0.1) is 0 Å². The van der Waals surface area contributed by atoms with Gasteiger partial charge in [0.05, 0.1) is 11.1 Å². The van der Waals surface area contributed by atoms with Gasteiger partial charge in [0.15, 0.2) is 6.61 Å². The van der Waals surface area contributed by atoms with Gasteiger partial charge in [-0.3, -0.25) is 19.3 Å². The van der Waals surface area contributed by atoms with Crippen molar-refractivity contribution in [2.24, 2.45) is 0 Å². The van der Waals surface area contributed by atoms with Crippen LogP contribution in [0.5, 0.6) is 0 Å². The van der Waals surface area contributed by atoms with Gasteiger partial charge in [-0.25, -0.2) is 4.79 Å². The predicted molar refractivity (Wildman–Crippen MR) is 116 cm³/mol. The topological polar surface area (TPSA) is 92.8 Å². The molecule has 0 saturated heterocycles. The first-order chi connectivity index (χ1) is 14.8. The summed E-state index contributed by atoms with van der Waals surface area (Å²) in [6.07, 6.45) is 1.64. The van der Waals surface area contributed by atoms with Gasteiger partial charge in [-0.2, -0.15) is 0 Å². The molecule has 1 aliphatic rings. The van der Waals surface area contributed by atoms with Gasteiger partial charge in [-0.05, 0) is 43.2 Å². The zero-order valence-electron chi connectivity index (χ0n) is 17.3. The van der Waals surface area contributed by atoms with Crippen molar-refractivity contribution in [2.75, 3.05) is 11.9 Å². The molecule has 0 bridgehead atoms. The molecule has 1 aliphatic heterocycles. The normalized spacial score (nSPS) is 13.7. The minimum atomic E-state index is -1.09. The molecule has 0 radical (unpaired) electrons. The number of aryl methyl sites for hydroxylation is 1. The van der Waals surface area contributed by atoms with Crippen LogP contribution >= 0.6 is 11.6 Å². The molecule has 1 heterocycles. The Hall–Kier alpha value is -3.19. The summed E-state index contributed by atoms with van der Waals surface area (Å²) in [5.74, 6) is -2.40. The molecule has 0 spiro atoms. The van der Waals surface area contributed by atoms with Crippen molar-refractivity contribution >= 4 is 41.0 Å².